The lowest BCUT2D eigenvalue weighted by Gasteiger charge is -2.26. The van der Waals surface area contributed by atoms with E-state index in [1.165, 1.54) is 58.5 Å². The number of benzene rings is 2. The number of nitrogens with zero attached hydrogens (tertiary/aromatic N) is 4. The lowest BCUT2D eigenvalue weighted by Crippen LogP contribution is -2.29. The zero-order chi connectivity index (χ0) is 31.4. The summed E-state index contributed by atoms with van der Waals surface area (Å²) in [6, 6.07) is 6.88. The van der Waals surface area contributed by atoms with Gasteiger partial charge >= 0.3 is 12.1 Å². The van der Waals surface area contributed by atoms with Gasteiger partial charge in [-0.1, -0.05) is 18.1 Å². The van der Waals surface area contributed by atoms with Crippen molar-refractivity contribution in [2.75, 3.05) is 30.3 Å². The number of aliphatic hydroxyl groups is 1. The number of halogens is 5. The highest BCUT2D eigenvalue weighted by Crippen LogP contribution is 2.40. The van der Waals surface area contributed by atoms with E-state index in [0.29, 0.717) is 6.42 Å². The second kappa shape index (κ2) is 12.8. The van der Waals surface area contributed by atoms with Crippen molar-refractivity contribution in [3.8, 4) is 17.0 Å². The first-order valence-electron chi connectivity index (χ1n) is 13.5. The Hall–Kier alpha value is -4.92. The van der Waals surface area contributed by atoms with Crippen molar-refractivity contribution in [3.63, 3.8) is 0 Å². The van der Waals surface area contributed by atoms with Gasteiger partial charge in [0.2, 0.25) is 0 Å². The molecule has 1 aliphatic rings. The highest BCUT2D eigenvalue weighted by atomic mass is 19.4. The van der Waals surface area contributed by atoms with Gasteiger partial charge in [-0.3, -0.25) is 10.4 Å². The van der Waals surface area contributed by atoms with Crippen LogP contribution in [0.4, 0.5) is 33.5 Å². The van der Waals surface area contributed by atoms with E-state index in [1.807, 2.05) is 6.92 Å². The Balaban J connectivity index is 1.51. The average molecular weight is 620 g/mol. The van der Waals surface area contributed by atoms with Gasteiger partial charge in [0.25, 0.3) is 0 Å². The SMILES string of the molecule is CCCOc1ccc(-c2cc(C(C(=O)OCCCO)n3cnc4c3C=CN(c3cccc(F)c3F)N4)on2)c(C(F)(F)F)c1. The predicted octanol–water partition coefficient (Wildman–Crippen LogP) is 5.96. The molecule has 4 aromatic rings. The smallest absolute Gasteiger partial charge is 0.417 e. The summed E-state index contributed by atoms with van der Waals surface area (Å²) in [5.41, 5.74) is 1.46. The van der Waals surface area contributed by atoms with Crippen LogP contribution in [0.2, 0.25) is 0 Å². The van der Waals surface area contributed by atoms with Crippen LogP contribution in [0.15, 0.2) is 59.5 Å². The van der Waals surface area contributed by atoms with Crippen molar-refractivity contribution in [2.45, 2.75) is 32.0 Å². The second-order valence-electron chi connectivity index (χ2n) is 9.57. The van der Waals surface area contributed by atoms with Crippen LogP contribution in [0.25, 0.3) is 17.3 Å². The Labute approximate surface area is 247 Å². The minimum Gasteiger partial charge on any atom is -0.494 e. The Morgan fingerprint density at radius 1 is 1.16 bits per heavy atom. The summed E-state index contributed by atoms with van der Waals surface area (Å²) in [5.74, 6) is -3.01. The summed E-state index contributed by atoms with van der Waals surface area (Å²) in [6.07, 6.45) is 0.0681. The van der Waals surface area contributed by atoms with E-state index in [-0.39, 0.29) is 66.2 Å². The summed E-state index contributed by atoms with van der Waals surface area (Å²) >= 11 is 0. The Morgan fingerprint density at radius 3 is 2.73 bits per heavy atom. The number of ether oxygens (including phenoxy) is 2. The normalized spacial score (nSPS) is 13.4. The highest BCUT2D eigenvalue weighted by molar-refractivity contribution is 5.80. The molecule has 232 valence electrons. The number of aliphatic hydroxyl groups excluding tert-OH is 1. The molecule has 1 atom stereocenters. The minimum atomic E-state index is -4.75. The number of rotatable bonds is 11. The first-order valence-corrected chi connectivity index (χ1v) is 13.5. The fraction of sp³-hybridized carbons (Fsp3) is 0.276. The molecule has 1 unspecified atom stereocenters. The summed E-state index contributed by atoms with van der Waals surface area (Å²) in [7, 11) is 0. The van der Waals surface area contributed by atoms with Crippen LogP contribution < -0.4 is 15.2 Å². The van der Waals surface area contributed by atoms with Gasteiger partial charge < -0.3 is 23.7 Å². The van der Waals surface area contributed by atoms with Crippen molar-refractivity contribution in [2.24, 2.45) is 0 Å². The van der Waals surface area contributed by atoms with E-state index in [9.17, 15) is 26.7 Å². The van der Waals surface area contributed by atoms with Crippen LogP contribution in [-0.2, 0) is 15.7 Å². The molecule has 0 saturated carbocycles. The Bertz CT molecular complexity index is 1670. The number of carbonyl (C=O) groups excluding carboxylic acids is 1. The van der Waals surface area contributed by atoms with E-state index in [0.717, 1.165) is 12.1 Å². The average Bonchev–Trinajstić information content (AvgIpc) is 3.65. The number of esters is 1. The predicted molar refractivity (Wildman–Crippen MR) is 147 cm³/mol. The number of fused-ring (bicyclic) bond motifs is 1. The minimum absolute atomic E-state index is 0.0356. The molecule has 10 nitrogen and oxygen atoms in total. The maximum atomic E-state index is 14.4. The molecule has 5 rings (SSSR count). The number of nitrogens with one attached hydrogen (secondary N) is 1. The second-order valence-corrected chi connectivity index (χ2v) is 9.57. The Kier molecular flexibility index (Phi) is 8.85. The van der Waals surface area contributed by atoms with Gasteiger partial charge in [-0.15, -0.1) is 0 Å². The molecule has 0 amide bonds. The topological polar surface area (TPSA) is 115 Å². The summed E-state index contributed by atoms with van der Waals surface area (Å²) in [4.78, 5) is 17.5. The van der Waals surface area contributed by atoms with Gasteiger partial charge in [-0.2, -0.15) is 13.2 Å². The number of hydrogen-bond donors (Lipinski definition) is 2. The summed E-state index contributed by atoms with van der Waals surface area (Å²) in [5, 5.41) is 14.1. The summed E-state index contributed by atoms with van der Waals surface area (Å²) < 4.78 is 87.7. The molecule has 2 aromatic carbocycles. The fourth-order valence-electron chi connectivity index (χ4n) is 4.46. The van der Waals surface area contributed by atoms with Crippen molar-refractivity contribution in [1.29, 1.82) is 0 Å². The Morgan fingerprint density at radius 2 is 1.98 bits per heavy atom. The van der Waals surface area contributed by atoms with Crippen LogP contribution >= 0.6 is 0 Å². The van der Waals surface area contributed by atoms with Crippen molar-refractivity contribution < 1.29 is 45.8 Å². The molecule has 0 aliphatic carbocycles. The van der Waals surface area contributed by atoms with E-state index in [4.69, 9.17) is 19.1 Å². The molecular formula is C29H26F5N5O5. The molecule has 1 aliphatic heterocycles. The molecule has 15 heteroatoms. The summed E-state index contributed by atoms with van der Waals surface area (Å²) in [6.45, 7) is 1.66. The molecule has 0 fully saturated rings. The standard InChI is InChI=1S/C29H26F5N5O5/c1-2-12-42-17-7-8-18(19(14-17)29(32,33)34)21-15-24(44-37-21)26(28(41)43-13-4-11-40)38-16-35-27-23(38)9-10-39(36-27)22-6-3-5-20(30)25(22)31/h3,5-10,14-16,26,36,40H,2,4,11-13H2,1H3. The van der Waals surface area contributed by atoms with Crippen LogP contribution in [0.1, 0.15) is 42.8 Å². The zero-order valence-corrected chi connectivity index (χ0v) is 23.1. The van der Waals surface area contributed by atoms with E-state index in [1.54, 1.807) is 0 Å². The van der Waals surface area contributed by atoms with Crippen molar-refractivity contribution >= 4 is 23.6 Å². The molecule has 0 saturated heterocycles. The number of hydrazine groups is 1. The third-order valence-corrected chi connectivity index (χ3v) is 6.52. The molecule has 0 bridgehead atoms. The largest absolute Gasteiger partial charge is 0.494 e. The first-order chi connectivity index (χ1) is 21.1. The monoisotopic (exact) mass is 619 g/mol. The van der Waals surface area contributed by atoms with Gasteiger partial charge in [0.1, 0.15) is 17.1 Å². The molecule has 0 radical (unpaired) electrons. The number of anilines is 2. The third kappa shape index (κ3) is 6.22. The molecule has 2 aromatic heterocycles. The molecule has 0 spiro atoms. The molecule has 2 N–H and O–H groups in total. The molecule has 3 heterocycles. The first kappa shape index (κ1) is 30.5. The van der Waals surface area contributed by atoms with Gasteiger partial charge in [-0.05, 0) is 42.8 Å². The van der Waals surface area contributed by atoms with Crippen molar-refractivity contribution in [3.05, 3.63) is 83.6 Å². The zero-order valence-electron chi connectivity index (χ0n) is 23.1. The number of carbonyl (C=O) groups is 1. The maximum Gasteiger partial charge on any atom is 0.417 e. The van der Waals surface area contributed by atoms with Gasteiger partial charge in [0.15, 0.2) is 29.3 Å². The van der Waals surface area contributed by atoms with Crippen molar-refractivity contribution in [1.82, 2.24) is 14.7 Å². The lowest BCUT2D eigenvalue weighted by molar-refractivity contribution is -0.147. The number of aromatic nitrogens is 3. The van der Waals surface area contributed by atoms with Gasteiger partial charge in [-0.25, -0.2) is 18.6 Å². The number of imidazole rings is 1. The van der Waals surface area contributed by atoms with Crippen LogP contribution in [-0.4, -0.2) is 45.6 Å². The number of alkyl halides is 3. The number of hydrogen-bond acceptors (Lipinski definition) is 9. The van der Waals surface area contributed by atoms with Gasteiger partial charge in [0.05, 0.1) is 30.8 Å². The van der Waals surface area contributed by atoms with Crippen LogP contribution in [0.3, 0.4) is 0 Å². The van der Waals surface area contributed by atoms with Crippen LogP contribution in [0, 0.1) is 11.6 Å². The van der Waals surface area contributed by atoms with Crippen LogP contribution in [0.5, 0.6) is 5.75 Å². The van der Waals surface area contributed by atoms with E-state index >= 15 is 0 Å². The maximum absolute atomic E-state index is 14.4. The lowest BCUT2D eigenvalue weighted by atomic mass is 10.0. The fourth-order valence-corrected chi connectivity index (χ4v) is 4.46. The van der Waals surface area contributed by atoms with Gasteiger partial charge in [0, 0.05) is 30.9 Å². The highest BCUT2D eigenvalue weighted by Gasteiger charge is 2.37. The quantitative estimate of drug-likeness (QED) is 0.119. The van der Waals surface area contributed by atoms with E-state index in [2.05, 4.69) is 15.6 Å². The van der Waals surface area contributed by atoms with E-state index < -0.39 is 35.4 Å². The molecule has 44 heavy (non-hydrogen) atoms. The molecular weight excluding hydrogens is 593 g/mol. The third-order valence-electron chi connectivity index (χ3n) is 6.52.